The van der Waals surface area contributed by atoms with Gasteiger partial charge in [0.1, 0.15) is 0 Å². The van der Waals surface area contributed by atoms with E-state index in [4.69, 9.17) is 5.73 Å². The molecule has 1 aromatic heterocycles. The Morgan fingerprint density at radius 3 is 2.65 bits per heavy atom. The summed E-state index contributed by atoms with van der Waals surface area (Å²) in [5.41, 5.74) is 6.39. The lowest BCUT2D eigenvalue weighted by molar-refractivity contribution is 0.259. The Morgan fingerprint density at radius 2 is 2.00 bits per heavy atom. The van der Waals surface area contributed by atoms with Crippen molar-refractivity contribution >= 4 is 17.7 Å². The number of nitrogens with two attached hydrogens (primary N) is 1. The number of rotatable bonds is 1. The molecule has 0 aromatic carbocycles. The summed E-state index contributed by atoms with van der Waals surface area (Å²) in [6.07, 6.45) is 5.40. The molecule has 1 fully saturated rings. The van der Waals surface area contributed by atoms with Crippen molar-refractivity contribution in [3.8, 4) is 0 Å². The van der Waals surface area contributed by atoms with E-state index in [9.17, 15) is 4.79 Å². The summed E-state index contributed by atoms with van der Waals surface area (Å²) in [6, 6.07) is 2.93. The fraction of sp³-hybridized carbons (Fsp3) is 0.364. The molecule has 1 aliphatic heterocycles. The molecule has 0 saturated carbocycles. The molecule has 2 amide bonds. The van der Waals surface area contributed by atoms with E-state index in [0.29, 0.717) is 5.69 Å². The molecule has 0 atom stereocenters. The van der Waals surface area contributed by atoms with Crippen molar-refractivity contribution in [3.63, 3.8) is 0 Å². The van der Waals surface area contributed by atoms with Crippen LogP contribution in [-0.4, -0.2) is 35.0 Å². The van der Waals surface area contributed by atoms with Gasteiger partial charge in [-0.25, -0.2) is 4.79 Å². The van der Waals surface area contributed by atoms with Crippen molar-refractivity contribution in [2.45, 2.75) is 12.8 Å². The van der Waals surface area contributed by atoms with Crippen LogP contribution in [0.1, 0.15) is 12.8 Å². The number of amides is 2. The standard InChI is InChI=1S/C11H15N5O/c12-10(16-7-1-2-8-16)15-11(17)14-9-3-5-13-6-4-9/h3-6H,1-2,7-8H2,(H3,12,13,14,15,17). The molecule has 2 heterocycles. The largest absolute Gasteiger partial charge is 0.369 e. The number of carbonyl (C=O) groups excluding carboxylic acids is 1. The van der Waals surface area contributed by atoms with Gasteiger partial charge in [-0.1, -0.05) is 0 Å². The summed E-state index contributed by atoms with van der Waals surface area (Å²) in [5.74, 6) is 0.286. The zero-order valence-corrected chi connectivity index (χ0v) is 9.47. The number of aromatic nitrogens is 1. The molecule has 1 aromatic rings. The summed E-state index contributed by atoms with van der Waals surface area (Å²) < 4.78 is 0. The van der Waals surface area contributed by atoms with Crippen LogP contribution >= 0.6 is 0 Å². The van der Waals surface area contributed by atoms with Crippen LogP contribution in [0.15, 0.2) is 29.5 Å². The number of carbonyl (C=O) groups is 1. The smallest absolute Gasteiger partial charge is 0.348 e. The van der Waals surface area contributed by atoms with E-state index in [1.807, 2.05) is 4.90 Å². The van der Waals surface area contributed by atoms with Gasteiger partial charge in [0.2, 0.25) is 5.96 Å². The molecule has 2 rings (SSSR count). The Hall–Kier alpha value is -2.11. The van der Waals surface area contributed by atoms with Gasteiger partial charge in [-0.3, -0.25) is 4.98 Å². The molecular weight excluding hydrogens is 218 g/mol. The lowest BCUT2D eigenvalue weighted by atomic mass is 10.4. The molecule has 0 unspecified atom stereocenters. The lowest BCUT2D eigenvalue weighted by Gasteiger charge is -2.15. The number of aliphatic imine (C=N–C) groups is 1. The predicted octanol–water partition coefficient (Wildman–Crippen LogP) is 1.02. The first-order chi connectivity index (χ1) is 8.25. The highest BCUT2D eigenvalue weighted by molar-refractivity contribution is 5.98. The van der Waals surface area contributed by atoms with Crippen molar-refractivity contribution in [2.75, 3.05) is 18.4 Å². The van der Waals surface area contributed by atoms with Gasteiger partial charge in [0.25, 0.3) is 0 Å². The number of guanidine groups is 1. The normalized spacial score (nSPS) is 16.0. The van der Waals surface area contributed by atoms with Crippen molar-refractivity contribution in [3.05, 3.63) is 24.5 Å². The van der Waals surface area contributed by atoms with E-state index >= 15 is 0 Å². The minimum atomic E-state index is -0.458. The van der Waals surface area contributed by atoms with Crippen LogP contribution in [0.3, 0.4) is 0 Å². The average molecular weight is 233 g/mol. The first-order valence-electron chi connectivity index (χ1n) is 5.56. The van der Waals surface area contributed by atoms with Gasteiger partial charge in [0.05, 0.1) is 0 Å². The van der Waals surface area contributed by atoms with E-state index in [1.54, 1.807) is 24.5 Å². The van der Waals surface area contributed by atoms with Crippen molar-refractivity contribution in [1.82, 2.24) is 9.88 Å². The second kappa shape index (κ2) is 5.29. The highest BCUT2D eigenvalue weighted by Gasteiger charge is 2.14. The fourth-order valence-electron chi connectivity index (χ4n) is 1.71. The first-order valence-corrected chi connectivity index (χ1v) is 5.56. The molecule has 0 spiro atoms. The average Bonchev–Trinajstić information content (AvgIpc) is 2.83. The molecule has 17 heavy (non-hydrogen) atoms. The van der Waals surface area contributed by atoms with Crippen LogP contribution < -0.4 is 11.1 Å². The maximum absolute atomic E-state index is 11.6. The van der Waals surface area contributed by atoms with Crippen LogP contribution in [-0.2, 0) is 0 Å². The SMILES string of the molecule is N/C(=N/C(=O)Nc1ccncc1)N1CCCC1. The third-order valence-electron chi connectivity index (χ3n) is 2.58. The summed E-state index contributed by atoms with van der Waals surface area (Å²) >= 11 is 0. The zero-order valence-electron chi connectivity index (χ0n) is 9.47. The number of nitrogens with one attached hydrogen (secondary N) is 1. The number of pyridine rings is 1. The van der Waals surface area contributed by atoms with Crippen LogP contribution in [0.4, 0.5) is 10.5 Å². The fourth-order valence-corrected chi connectivity index (χ4v) is 1.71. The van der Waals surface area contributed by atoms with Crippen molar-refractivity contribution in [1.29, 1.82) is 0 Å². The molecule has 6 nitrogen and oxygen atoms in total. The van der Waals surface area contributed by atoms with Gasteiger partial charge >= 0.3 is 6.03 Å². The number of hydrogen-bond donors (Lipinski definition) is 2. The number of nitrogens with zero attached hydrogens (tertiary/aromatic N) is 3. The third kappa shape index (κ3) is 3.17. The number of hydrogen-bond acceptors (Lipinski definition) is 2. The first kappa shape index (κ1) is 11.4. The highest BCUT2D eigenvalue weighted by atomic mass is 16.2. The van der Waals surface area contributed by atoms with E-state index in [-0.39, 0.29) is 5.96 Å². The molecule has 1 aliphatic rings. The number of urea groups is 1. The van der Waals surface area contributed by atoms with Crippen LogP contribution in [0.2, 0.25) is 0 Å². The van der Waals surface area contributed by atoms with Gasteiger partial charge in [0.15, 0.2) is 0 Å². The van der Waals surface area contributed by atoms with E-state index in [1.165, 1.54) is 0 Å². The van der Waals surface area contributed by atoms with Crippen molar-refractivity contribution < 1.29 is 4.79 Å². The third-order valence-corrected chi connectivity index (χ3v) is 2.58. The quantitative estimate of drug-likeness (QED) is 0.560. The maximum Gasteiger partial charge on any atom is 0.348 e. The monoisotopic (exact) mass is 233 g/mol. The Morgan fingerprint density at radius 1 is 1.35 bits per heavy atom. The van der Waals surface area contributed by atoms with Gasteiger partial charge in [-0.15, -0.1) is 0 Å². The summed E-state index contributed by atoms with van der Waals surface area (Å²) in [7, 11) is 0. The molecule has 1 saturated heterocycles. The summed E-state index contributed by atoms with van der Waals surface area (Å²) in [6.45, 7) is 1.75. The topological polar surface area (TPSA) is 83.6 Å². The summed E-state index contributed by atoms with van der Waals surface area (Å²) in [5, 5.41) is 2.62. The van der Waals surface area contributed by atoms with Crippen molar-refractivity contribution in [2.24, 2.45) is 10.7 Å². The highest BCUT2D eigenvalue weighted by Crippen LogP contribution is 2.07. The molecule has 0 aliphatic carbocycles. The summed E-state index contributed by atoms with van der Waals surface area (Å²) in [4.78, 5) is 21.1. The minimum Gasteiger partial charge on any atom is -0.369 e. The van der Waals surface area contributed by atoms with E-state index in [0.717, 1.165) is 25.9 Å². The Labute approximate surface area is 99.5 Å². The van der Waals surface area contributed by atoms with Gasteiger partial charge in [-0.2, -0.15) is 4.99 Å². The van der Waals surface area contributed by atoms with Crippen LogP contribution in [0.5, 0.6) is 0 Å². The molecular formula is C11H15N5O. The lowest BCUT2D eigenvalue weighted by Crippen LogP contribution is -2.36. The Kier molecular flexibility index (Phi) is 3.54. The Balaban J connectivity index is 1.94. The predicted molar refractivity (Wildman–Crippen MR) is 65.7 cm³/mol. The molecule has 3 N–H and O–H groups in total. The van der Waals surface area contributed by atoms with E-state index < -0.39 is 6.03 Å². The second-order valence-electron chi connectivity index (χ2n) is 3.83. The molecule has 0 radical (unpaired) electrons. The molecule has 6 heteroatoms. The second-order valence-corrected chi connectivity index (χ2v) is 3.83. The minimum absolute atomic E-state index is 0.286. The van der Waals surface area contributed by atoms with Crippen LogP contribution in [0.25, 0.3) is 0 Å². The number of anilines is 1. The Bertz CT molecular complexity index is 411. The maximum atomic E-state index is 11.6. The van der Waals surface area contributed by atoms with Gasteiger partial charge in [-0.05, 0) is 25.0 Å². The zero-order chi connectivity index (χ0) is 12.1. The van der Waals surface area contributed by atoms with E-state index in [2.05, 4.69) is 15.3 Å². The number of likely N-dealkylation sites (tertiary alicyclic amines) is 1. The van der Waals surface area contributed by atoms with Gasteiger partial charge in [0, 0.05) is 31.2 Å². The molecule has 90 valence electrons. The van der Waals surface area contributed by atoms with Crippen LogP contribution in [0, 0.1) is 0 Å². The molecule has 0 bridgehead atoms. The van der Waals surface area contributed by atoms with Gasteiger partial charge < -0.3 is 16.0 Å².